The van der Waals surface area contributed by atoms with E-state index in [1.807, 2.05) is 6.07 Å². The molecule has 2 rings (SSSR count). The Labute approximate surface area is 125 Å². The summed E-state index contributed by atoms with van der Waals surface area (Å²) in [6.45, 7) is 0.626. The highest BCUT2D eigenvalue weighted by atomic mass is 35.7. The van der Waals surface area contributed by atoms with Gasteiger partial charge >= 0.3 is 0 Å². The number of aryl methyl sites for hydroxylation is 2. The molecule has 3 nitrogen and oxygen atoms in total. The lowest BCUT2D eigenvalue weighted by Crippen LogP contribution is -2.04. The minimum atomic E-state index is -3.34. The maximum absolute atomic E-state index is 10.8. The van der Waals surface area contributed by atoms with Gasteiger partial charge in [-0.05, 0) is 68.2 Å². The molecule has 0 amide bonds. The van der Waals surface area contributed by atoms with E-state index in [-0.39, 0.29) is 5.75 Å². The molecule has 0 heterocycles. The van der Waals surface area contributed by atoms with E-state index in [0.717, 1.165) is 25.0 Å². The first-order valence-electron chi connectivity index (χ1n) is 7.21. The molecule has 1 aromatic rings. The van der Waals surface area contributed by atoms with Gasteiger partial charge in [0.15, 0.2) is 0 Å². The topological polar surface area (TPSA) is 43.4 Å². The van der Waals surface area contributed by atoms with E-state index in [0.29, 0.717) is 13.0 Å². The lowest BCUT2D eigenvalue weighted by atomic mass is 9.92. The van der Waals surface area contributed by atoms with Crippen LogP contribution in [0.5, 0.6) is 5.75 Å². The molecule has 0 bridgehead atoms. The minimum absolute atomic E-state index is 0.0490. The lowest BCUT2D eigenvalue weighted by molar-refractivity contribution is 0.306. The maximum atomic E-state index is 10.8. The van der Waals surface area contributed by atoms with Crippen molar-refractivity contribution in [1.29, 1.82) is 0 Å². The Morgan fingerprint density at radius 2 is 1.80 bits per heavy atom. The van der Waals surface area contributed by atoms with Gasteiger partial charge in [0.05, 0.1) is 12.4 Å². The average Bonchev–Trinajstić information content (AvgIpc) is 2.41. The molecular weight excluding hydrogens is 296 g/mol. The molecule has 0 saturated carbocycles. The molecule has 0 aromatic heterocycles. The molecular formula is C15H21ClO3S. The van der Waals surface area contributed by atoms with E-state index >= 15 is 0 Å². The third kappa shape index (κ3) is 5.33. The fourth-order valence-corrected chi connectivity index (χ4v) is 3.42. The summed E-state index contributed by atoms with van der Waals surface area (Å²) in [5.74, 6) is 0.976. The molecule has 20 heavy (non-hydrogen) atoms. The van der Waals surface area contributed by atoms with Gasteiger partial charge in [0.1, 0.15) is 5.75 Å². The van der Waals surface area contributed by atoms with Crippen LogP contribution in [0, 0.1) is 0 Å². The smallest absolute Gasteiger partial charge is 0.232 e. The molecule has 1 aliphatic rings. The average molecular weight is 317 g/mol. The van der Waals surface area contributed by atoms with Crippen LogP contribution in [0.1, 0.15) is 43.2 Å². The molecule has 0 spiro atoms. The highest BCUT2D eigenvalue weighted by Gasteiger charge is 2.09. The van der Waals surface area contributed by atoms with E-state index in [1.54, 1.807) is 0 Å². The molecule has 0 unspecified atom stereocenters. The van der Waals surface area contributed by atoms with Crippen molar-refractivity contribution in [1.82, 2.24) is 0 Å². The van der Waals surface area contributed by atoms with Crippen LogP contribution < -0.4 is 4.74 Å². The Morgan fingerprint density at radius 1 is 1.05 bits per heavy atom. The van der Waals surface area contributed by atoms with Gasteiger partial charge in [0.2, 0.25) is 9.05 Å². The first-order chi connectivity index (χ1) is 9.54. The number of unbranched alkanes of at least 4 members (excludes halogenated alkanes) is 2. The summed E-state index contributed by atoms with van der Waals surface area (Å²) >= 11 is 0. The van der Waals surface area contributed by atoms with Gasteiger partial charge in [-0.3, -0.25) is 0 Å². The predicted molar refractivity (Wildman–Crippen MR) is 82.1 cm³/mol. The number of fused-ring (bicyclic) bond motifs is 1. The Balaban J connectivity index is 1.69. The van der Waals surface area contributed by atoms with Crippen molar-refractivity contribution in [3.8, 4) is 5.75 Å². The first-order valence-corrected chi connectivity index (χ1v) is 9.69. The summed E-state index contributed by atoms with van der Waals surface area (Å²) in [5, 5.41) is 0. The van der Waals surface area contributed by atoms with Gasteiger partial charge in [-0.15, -0.1) is 0 Å². The van der Waals surface area contributed by atoms with Crippen LogP contribution in [0.15, 0.2) is 18.2 Å². The van der Waals surface area contributed by atoms with Crippen LogP contribution in [-0.2, 0) is 21.9 Å². The zero-order chi connectivity index (χ0) is 14.4. The Morgan fingerprint density at radius 3 is 2.55 bits per heavy atom. The second-order valence-electron chi connectivity index (χ2n) is 5.29. The third-order valence-electron chi connectivity index (χ3n) is 3.62. The fourth-order valence-electron chi connectivity index (χ4n) is 2.54. The Kier molecular flexibility index (Phi) is 5.73. The molecule has 0 fully saturated rings. The van der Waals surface area contributed by atoms with Crippen LogP contribution in [0.4, 0.5) is 0 Å². The van der Waals surface area contributed by atoms with Crippen LogP contribution in [0.2, 0.25) is 0 Å². The van der Waals surface area contributed by atoms with Crippen molar-refractivity contribution < 1.29 is 13.2 Å². The monoisotopic (exact) mass is 316 g/mol. The van der Waals surface area contributed by atoms with Gasteiger partial charge in [0, 0.05) is 10.7 Å². The Hall–Kier alpha value is -0.740. The zero-order valence-electron chi connectivity index (χ0n) is 11.6. The van der Waals surface area contributed by atoms with E-state index < -0.39 is 9.05 Å². The molecule has 0 N–H and O–H groups in total. The number of rotatable bonds is 7. The molecule has 1 aliphatic carbocycles. The molecule has 1 aromatic carbocycles. The van der Waals surface area contributed by atoms with Gasteiger partial charge in [0.25, 0.3) is 0 Å². The van der Waals surface area contributed by atoms with Crippen molar-refractivity contribution in [2.24, 2.45) is 0 Å². The molecule has 0 saturated heterocycles. The maximum Gasteiger partial charge on any atom is 0.232 e. The van der Waals surface area contributed by atoms with Crippen LogP contribution in [-0.4, -0.2) is 20.8 Å². The number of ether oxygens (including phenoxy) is 1. The van der Waals surface area contributed by atoms with Crippen LogP contribution >= 0.6 is 10.7 Å². The summed E-state index contributed by atoms with van der Waals surface area (Å²) in [4.78, 5) is 0. The third-order valence-corrected chi connectivity index (χ3v) is 4.86. The van der Waals surface area contributed by atoms with Gasteiger partial charge in [-0.2, -0.15) is 0 Å². The first kappa shape index (κ1) is 15.6. The minimum Gasteiger partial charge on any atom is -0.494 e. The SMILES string of the molecule is O=S(=O)(Cl)CCCCCOc1ccc2c(c1)CCCC2. The van der Waals surface area contributed by atoms with Crippen molar-refractivity contribution >= 4 is 19.7 Å². The summed E-state index contributed by atoms with van der Waals surface area (Å²) in [7, 11) is 1.81. The highest BCUT2D eigenvalue weighted by Crippen LogP contribution is 2.25. The van der Waals surface area contributed by atoms with Crippen molar-refractivity contribution in [3.63, 3.8) is 0 Å². The summed E-state index contributed by atoms with van der Waals surface area (Å²) < 4.78 is 27.2. The fraction of sp³-hybridized carbons (Fsp3) is 0.600. The second kappa shape index (κ2) is 7.32. The highest BCUT2D eigenvalue weighted by molar-refractivity contribution is 8.13. The van der Waals surface area contributed by atoms with E-state index in [2.05, 4.69) is 12.1 Å². The molecule has 0 radical (unpaired) electrons. The van der Waals surface area contributed by atoms with Crippen molar-refractivity contribution in [3.05, 3.63) is 29.3 Å². The molecule has 112 valence electrons. The van der Waals surface area contributed by atoms with Gasteiger partial charge in [-0.25, -0.2) is 8.42 Å². The summed E-state index contributed by atoms with van der Waals surface area (Å²) in [6.07, 6.45) is 7.16. The van der Waals surface area contributed by atoms with E-state index in [1.165, 1.54) is 30.4 Å². The molecule has 0 aliphatic heterocycles. The predicted octanol–water partition coefficient (Wildman–Crippen LogP) is 3.68. The van der Waals surface area contributed by atoms with Crippen molar-refractivity contribution in [2.75, 3.05) is 12.4 Å². The van der Waals surface area contributed by atoms with Crippen LogP contribution in [0.3, 0.4) is 0 Å². The zero-order valence-corrected chi connectivity index (χ0v) is 13.2. The molecule has 0 atom stereocenters. The number of hydrogen-bond donors (Lipinski definition) is 0. The van der Waals surface area contributed by atoms with Gasteiger partial charge in [-0.1, -0.05) is 6.07 Å². The van der Waals surface area contributed by atoms with Gasteiger partial charge < -0.3 is 4.74 Å². The number of halogens is 1. The molecule has 5 heteroatoms. The quantitative estimate of drug-likeness (QED) is 0.569. The van der Waals surface area contributed by atoms with E-state index in [9.17, 15) is 8.42 Å². The number of hydrogen-bond acceptors (Lipinski definition) is 3. The van der Waals surface area contributed by atoms with Crippen molar-refractivity contribution in [2.45, 2.75) is 44.9 Å². The van der Waals surface area contributed by atoms with E-state index in [4.69, 9.17) is 15.4 Å². The summed E-state index contributed by atoms with van der Waals surface area (Å²) in [5.41, 5.74) is 2.87. The summed E-state index contributed by atoms with van der Waals surface area (Å²) in [6, 6.07) is 6.36. The largest absolute Gasteiger partial charge is 0.494 e. The Bertz CT molecular complexity index is 540. The normalized spacial score (nSPS) is 14.8. The van der Waals surface area contributed by atoms with Crippen LogP contribution in [0.25, 0.3) is 0 Å². The lowest BCUT2D eigenvalue weighted by Gasteiger charge is -2.16. The standard InChI is InChI=1S/C15H21ClO3S/c16-20(17,18)11-5-1-4-10-19-15-9-8-13-6-2-3-7-14(13)12-15/h8-9,12H,1-7,10-11H2. The second-order valence-corrected chi connectivity index (χ2v) is 8.19. The number of benzene rings is 1.